The summed E-state index contributed by atoms with van der Waals surface area (Å²) in [7, 11) is 2.70. The van der Waals surface area contributed by atoms with Crippen LogP contribution in [0.2, 0.25) is 10.0 Å². The lowest BCUT2D eigenvalue weighted by Gasteiger charge is -2.07. The predicted molar refractivity (Wildman–Crippen MR) is 118 cm³/mol. The molecule has 3 rings (SSSR count). The van der Waals surface area contributed by atoms with Gasteiger partial charge >= 0.3 is 5.97 Å². The number of benzene rings is 2. The molecular formula is C22H18Cl2N2O6. The fourth-order valence-corrected chi connectivity index (χ4v) is 3.48. The van der Waals surface area contributed by atoms with Gasteiger partial charge in [0.25, 0.3) is 0 Å². The third kappa shape index (κ3) is 5.09. The number of hydrogen-bond acceptors (Lipinski definition) is 7. The summed E-state index contributed by atoms with van der Waals surface area (Å²) < 4.78 is 15.0. The van der Waals surface area contributed by atoms with Crippen LogP contribution >= 0.6 is 23.2 Å². The lowest BCUT2D eigenvalue weighted by Crippen LogP contribution is -2.15. The van der Waals surface area contributed by atoms with Crippen molar-refractivity contribution < 1.29 is 28.4 Å². The van der Waals surface area contributed by atoms with Crippen LogP contribution in [0.25, 0.3) is 11.3 Å². The van der Waals surface area contributed by atoms with Crippen molar-refractivity contribution in [2.24, 2.45) is 0 Å². The molecule has 0 saturated carbocycles. The Kier molecular flexibility index (Phi) is 7.50. The van der Waals surface area contributed by atoms with Crippen molar-refractivity contribution in [3.05, 3.63) is 63.6 Å². The van der Waals surface area contributed by atoms with Gasteiger partial charge in [-0.25, -0.2) is 4.79 Å². The highest BCUT2D eigenvalue weighted by atomic mass is 35.5. The number of halogens is 2. The van der Waals surface area contributed by atoms with Crippen LogP contribution in [0.5, 0.6) is 5.75 Å². The standard InChI is InChI=1S/C22H18Cl2N2O6/c1-30-13-8-6-12(7-9-13)16(27)10-11-17(28)25-21-19(22(29)31-2)20(26-32-21)18-14(23)4-3-5-15(18)24/h3-9H,10-11H2,1-2H3,(H,25,28). The van der Waals surface area contributed by atoms with Gasteiger partial charge in [-0.05, 0) is 36.4 Å². The Balaban J connectivity index is 1.76. The maximum absolute atomic E-state index is 12.4. The molecule has 0 atom stereocenters. The largest absolute Gasteiger partial charge is 0.497 e. The maximum atomic E-state index is 12.4. The molecule has 1 heterocycles. The van der Waals surface area contributed by atoms with Crippen LogP contribution in [0, 0.1) is 0 Å². The normalized spacial score (nSPS) is 10.5. The Morgan fingerprint density at radius 2 is 1.66 bits per heavy atom. The van der Waals surface area contributed by atoms with Crippen molar-refractivity contribution in [2.75, 3.05) is 19.5 Å². The molecule has 2 aromatic carbocycles. The van der Waals surface area contributed by atoms with Gasteiger partial charge in [0, 0.05) is 24.0 Å². The minimum Gasteiger partial charge on any atom is -0.497 e. The summed E-state index contributed by atoms with van der Waals surface area (Å²) in [5, 5.41) is 6.77. The molecule has 32 heavy (non-hydrogen) atoms. The first-order valence-corrected chi connectivity index (χ1v) is 10.1. The molecule has 0 aliphatic rings. The Morgan fingerprint density at radius 1 is 1.00 bits per heavy atom. The van der Waals surface area contributed by atoms with Crippen LogP contribution in [-0.4, -0.2) is 37.0 Å². The van der Waals surface area contributed by atoms with Gasteiger partial charge in [-0.1, -0.05) is 34.4 Å². The summed E-state index contributed by atoms with van der Waals surface area (Å²) in [6.45, 7) is 0. The van der Waals surface area contributed by atoms with Gasteiger partial charge in [0.1, 0.15) is 11.4 Å². The molecule has 0 spiro atoms. The van der Waals surface area contributed by atoms with Gasteiger partial charge in [-0.2, -0.15) is 0 Å². The van der Waals surface area contributed by atoms with E-state index in [4.69, 9.17) is 37.2 Å². The van der Waals surface area contributed by atoms with Crippen LogP contribution in [0.1, 0.15) is 33.6 Å². The Bertz CT molecular complexity index is 1140. The molecule has 0 unspecified atom stereocenters. The van der Waals surface area contributed by atoms with Crippen molar-refractivity contribution in [3.63, 3.8) is 0 Å². The zero-order valence-corrected chi connectivity index (χ0v) is 18.6. The van der Waals surface area contributed by atoms with Crippen LogP contribution in [0.3, 0.4) is 0 Å². The highest BCUT2D eigenvalue weighted by Gasteiger charge is 2.28. The van der Waals surface area contributed by atoms with E-state index in [1.165, 1.54) is 14.2 Å². The second-order valence-corrected chi connectivity index (χ2v) is 7.34. The van der Waals surface area contributed by atoms with Crippen LogP contribution in [0.15, 0.2) is 47.0 Å². The van der Waals surface area contributed by atoms with Gasteiger partial charge in [0.2, 0.25) is 11.8 Å². The molecule has 166 valence electrons. The van der Waals surface area contributed by atoms with Crippen LogP contribution in [-0.2, 0) is 9.53 Å². The second kappa shape index (κ2) is 10.3. The van der Waals surface area contributed by atoms with Gasteiger partial charge in [0.05, 0.1) is 24.3 Å². The van der Waals surface area contributed by atoms with E-state index in [2.05, 4.69) is 10.5 Å². The number of anilines is 1. The number of esters is 1. The number of nitrogens with zero attached hydrogens (tertiary/aromatic N) is 1. The first-order chi connectivity index (χ1) is 15.3. The minimum atomic E-state index is -0.804. The lowest BCUT2D eigenvalue weighted by atomic mass is 10.1. The highest BCUT2D eigenvalue weighted by molar-refractivity contribution is 6.39. The number of amides is 1. The summed E-state index contributed by atoms with van der Waals surface area (Å²) in [6, 6.07) is 11.3. The molecule has 10 heteroatoms. The molecule has 0 fully saturated rings. The molecule has 1 aromatic heterocycles. The van der Waals surface area contributed by atoms with Gasteiger partial charge in [-0.3, -0.25) is 14.9 Å². The van der Waals surface area contributed by atoms with Crippen molar-refractivity contribution >= 4 is 46.7 Å². The topological polar surface area (TPSA) is 108 Å². The average Bonchev–Trinajstić information content (AvgIpc) is 3.19. The third-order valence-electron chi connectivity index (χ3n) is 4.53. The molecule has 0 aliphatic carbocycles. The fraction of sp³-hybridized carbons (Fsp3) is 0.182. The summed E-state index contributed by atoms with van der Waals surface area (Å²) in [6.07, 6.45) is -0.197. The Morgan fingerprint density at radius 3 is 2.25 bits per heavy atom. The number of ketones is 1. The maximum Gasteiger partial charge on any atom is 0.345 e. The molecule has 1 amide bonds. The monoisotopic (exact) mass is 476 g/mol. The van der Waals surface area contributed by atoms with Crippen molar-refractivity contribution in [1.29, 1.82) is 0 Å². The van der Waals surface area contributed by atoms with E-state index >= 15 is 0 Å². The summed E-state index contributed by atoms with van der Waals surface area (Å²) >= 11 is 12.4. The van der Waals surface area contributed by atoms with Crippen molar-refractivity contribution in [2.45, 2.75) is 12.8 Å². The number of methoxy groups -OCH3 is 2. The second-order valence-electron chi connectivity index (χ2n) is 6.52. The smallest absolute Gasteiger partial charge is 0.345 e. The molecule has 8 nitrogen and oxygen atoms in total. The fourth-order valence-electron chi connectivity index (χ4n) is 2.90. The number of carbonyl (C=O) groups is 3. The van der Waals surface area contributed by atoms with Gasteiger partial charge in [0.15, 0.2) is 11.3 Å². The molecular weight excluding hydrogens is 459 g/mol. The highest BCUT2D eigenvalue weighted by Crippen LogP contribution is 2.38. The minimum absolute atomic E-state index is 0.0251. The van der Waals surface area contributed by atoms with Gasteiger partial charge in [-0.15, -0.1) is 0 Å². The first kappa shape index (κ1) is 23.3. The molecule has 3 aromatic rings. The Labute approximate surface area is 193 Å². The molecule has 1 N–H and O–H groups in total. The number of hydrogen-bond donors (Lipinski definition) is 1. The quantitative estimate of drug-likeness (QED) is 0.358. The molecule has 0 radical (unpaired) electrons. The molecule has 0 saturated heterocycles. The van der Waals surface area contributed by atoms with E-state index < -0.39 is 11.9 Å². The van der Waals surface area contributed by atoms with E-state index in [1.54, 1.807) is 42.5 Å². The van der Waals surface area contributed by atoms with E-state index in [1.807, 2.05) is 0 Å². The van der Waals surface area contributed by atoms with E-state index in [9.17, 15) is 14.4 Å². The SMILES string of the molecule is COC(=O)c1c(-c2c(Cl)cccc2Cl)noc1NC(=O)CCC(=O)c1ccc(OC)cc1. The zero-order chi connectivity index (χ0) is 23.3. The number of Topliss-reactive ketones (excluding diaryl/α,β-unsaturated/α-hetero) is 1. The van der Waals surface area contributed by atoms with Gasteiger partial charge < -0.3 is 14.0 Å². The van der Waals surface area contributed by atoms with Crippen molar-refractivity contribution in [1.82, 2.24) is 5.16 Å². The van der Waals surface area contributed by atoms with E-state index in [-0.39, 0.29) is 51.4 Å². The van der Waals surface area contributed by atoms with E-state index in [0.717, 1.165) is 0 Å². The van der Waals surface area contributed by atoms with Crippen LogP contribution < -0.4 is 10.1 Å². The summed E-state index contributed by atoms with van der Waals surface area (Å²) in [4.78, 5) is 37.1. The third-order valence-corrected chi connectivity index (χ3v) is 5.16. The van der Waals surface area contributed by atoms with Crippen LogP contribution in [0.4, 0.5) is 5.88 Å². The number of carbonyl (C=O) groups excluding carboxylic acids is 3. The Hall–Kier alpha value is -3.36. The number of nitrogens with one attached hydrogen (secondary N) is 1. The van der Waals surface area contributed by atoms with E-state index in [0.29, 0.717) is 11.3 Å². The lowest BCUT2D eigenvalue weighted by molar-refractivity contribution is -0.116. The molecule has 0 aliphatic heterocycles. The number of aromatic nitrogens is 1. The average molecular weight is 477 g/mol. The molecule has 0 bridgehead atoms. The zero-order valence-electron chi connectivity index (χ0n) is 17.1. The predicted octanol–water partition coefficient (Wildman–Crippen LogP) is 5.05. The summed E-state index contributed by atoms with van der Waals surface area (Å²) in [5.74, 6) is -1.19. The van der Waals surface area contributed by atoms with Crippen molar-refractivity contribution in [3.8, 4) is 17.0 Å². The summed E-state index contributed by atoms with van der Waals surface area (Å²) in [5.41, 5.74) is 0.591. The first-order valence-electron chi connectivity index (χ1n) is 9.35. The number of ether oxygens (including phenoxy) is 2. The number of rotatable bonds is 8.